The third kappa shape index (κ3) is 5.47. The number of esters is 1. The molecule has 2 heterocycles. The molecule has 1 aromatic rings. The minimum Gasteiger partial charge on any atom is -0.466 e. The first kappa shape index (κ1) is 18.7. The maximum Gasteiger partial charge on any atom is 0.309 e. The highest BCUT2D eigenvalue weighted by atomic mass is 32.1. The van der Waals surface area contributed by atoms with Crippen LogP contribution in [-0.4, -0.2) is 54.6 Å². The molecule has 0 saturated carbocycles. The largest absolute Gasteiger partial charge is 0.466 e. The SMILES string of the molecule is CCNC(=NCCc1csc(C)n1)N1CCC(C(=O)OCC)CC1. The summed E-state index contributed by atoms with van der Waals surface area (Å²) < 4.78 is 5.13. The fourth-order valence-corrected chi connectivity index (χ4v) is 3.46. The van der Waals surface area contributed by atoms with E-state index in [9.17, 15) is 4.79 Å². The molecule has 0 aliphatic carbocycles. The van der Waals surface area contributed by atoms with E-state index in [2.05, 4.69) is 27.5 Å². The smallest absolute Gasteiger partial charge is 0.309 e. The second-order valence-electron chi connectivity index (χ2n) is 5.86. The third-order valence-corrected chi connectivity index (χ3v) is 4.87. The van der Waals surface area contributed by atoms with Crippen LogP contribution in [0.4, 0.5) is 0 Å². The second-order valence-corrected chi connectivity index (χ2v) is 6.92. The summed E-state index contributed by atoms with van der Waals surface area (Å²) in [5, 5.41) is 6.55. The highest BCUT2D eigenvalue weighted by Gasteiger charge is 2.27. The number of ether oxygens (including phenoxy) is 1. The number of carbonyl (C=O) groups is 1. The number of likely N-dealkylation sites (tertiary alicyclic amines) is 1. The molecule has 2 rings (SSSR count). The molecule has 1 saturated heterocycles. The van der Waals surface area contributed by atoms with Gasteiger partial charge in [0.25, 0.3) is 0 Å². The molecule has 0 bridgehead atoms. The van der Waals surface area contributed by atoms with Gasteiger partial charge in [0.05, 0.1) is 23.2 Å². The number of nitrogens with zero attached hydrogens (tertiary/aromatic N) is 3. The number of guanidine groups is 1. The first-order valence-electron chi connectivity index (χ1n) is 8.75. The Hall–Kier alpha value is -1.63. The molecule has 0 atom stereocenters. The molecule has 7 heteroatoms. The molecule has 0 radical (unpaired) electrons. The molecular formula is C17H28N4O2S. The average Bonchev–Trinajstić information content (AvgIpc) is 3.00. The minimum absolute atomic E-state index is 0.0297. The van der Waals surface area contributed by atoms with E-state index >= 15 is 0 Å². The predicted octanol–water partition coefficient (Wildman–Crippen LogP) is 2.23. The van der Waals surface area contributed by atoms with Crippen LogP contribution in [0.15, 0.2) is 10.4 Å². The summed E-state index contributed by atoms with van der Waals surface area (Å²) in [5.41, 5.74) is 1.11. The van der Waals surface area contributed by atoms with Gasteiger partial charge in [-0.2, -0.15) is 0 Å². The molecule has 1 fully saturated rings. The molecule has 0 amide bonds. The molecule has 1 N–H and O–H groups in total. The van der Waals surface area contributed by atoms with Gasteiger partial charge in [-0.15, -0.1) is 11.3 Å². The third-order valence-electron chi connectivity index (χ3n) is 4.05. The molecule has 134 valence electrons. The number of piperidine rings is 1. The average molecular weight is 353 g/mol. The predicted molar refractivity (Wildman–Crippen MR) is 97.5 cm³/mol. The van der Waals surface area contributed by atoms with Gasteiger partial charge in [-0.1, -0.05) is 0 Å². The maximum atomic E-state index is 11.8. The van der Waals surface area contributed by atoms with Gasteiger partial charge in [0.15, 0.2) is 5.96 Å². The summed E-state index contributed by atoms with van der Waals surface area (Å²) in [6.07, 6.45) is 2.52. The lowest BCUT2D eigenvalue weighted by atomic mass is 9.97. The summed E-state index contributed by atoms with van der Waals surface area (Å²) in [6.45, 7) is 9.65. The number of nitrogens with one attached hydrogen (secondary N) is 1. The number of hydrogen-bond acceptors (Lipinski definition) is 5. The van der Waals surface area contributed by atoms with E-state index < -0.39 is 0 Å². The summed E-state index contributed by atoms with van der Waals surface area (Å²) in [7, 11) is 0. The summed E-state index contributed by atoms with van der Waals surface area (Å²) in [5.74, 6) is 0.909. The zero-order chi connectivity index (χ0) is 17.4. The van der Waals surface area contributed by atoms with Crippen LogP contribution in [0.3, 0.4) is 0 Å². The zero-order valence-electron chi connectivity index (χ0n) is 14.9. The van der Waals surface area contributed by atoms with Crippen LogP contribution in [0.25, 0.3) is 0 Å². The molecule has 24 heavy (non-hydrogen) atoms. The first-order valence-corrected chi connectivity index (χ1v) is 9.62. The normalized spacial score (nSPS) is 16.3. The number of thiazole rings is 1. The van der Waals surface area contributed by atoms with Crippen LogP contribution in [0.2, 0.25) is 0 Å². The Morgan fingerprint density at radius 2 is 2.21 bits per heavy atom. The van der Waals surface area contributed by atoms with E-state index in [1.54, 1.807) is 11.3 Å². The van der Waals surface area contributed by atoms with Crippen molar-refractivity contribution in [1.29, 1.82) is 0 Å². The Bertz CT molecular complexity index is 551. The first-order chi connectivity index (χ1) is 11.6. The van der Waals surface area contributed by atoms with Crippen molar-refractivity contribution >= 4 is 23.3 Å². The summed E-state index contributed by atoms with van der Waals surface area (Å²) >= 11 is 1.68. The quantitative estimate of drug-likeness (QED) is 0.483. The van der Waals surface area contributed by atoms with Crippen molar-refractivity contribution in [3.63, 3.8) is 0 Å². The number of aromatic nitrogens is 1. The maximum absolute atomic E-state index is 11.8. The topological polar surface area (TPSA) is 66.8 Å². The van der Waals surface area contributed by atoms with E-state index in [1.165, 1.54) is 0 Å². The number of rotatable bonds is 6. The monoisotopic (exact) mass is 352 g/mol. The standard InChI is InChI=1S/C17H28N4O2S/c1-4-18-17(19-9-6-15-12-24-13(3)20-15)21-10-7-14(8-11-21)16(22)23-5-2/h12,14H,4-11H2,1-3H3,(H,18,19). The zero-order valence-corrected chi connectivity index (χ0v) is 15.7. The highest BCUT2D eigenvalue weighted by Crippen LogP contribution is 2.18. The lowest BCUT2D eigenvalue weighted by Crippen LogP contribution is -2.46. The summed E-state index contributed by atoms with van der Waals surface area (Å²) in [4.78, 5) is 23.3. The van der Waals surface area contributed by atoms with Crippen LogP contribution >= 0.6 is 11.3 Å². The molecule has 0 spiro atoms. The van der Waals surface area contributed by atoms with Crippen LogP contribution in [0.1, 0.15) is 37.4 Å². The lowest BCUT2D eigenvalue weighted by Gasteiger charge is -2.33. The minimum atomic E-state index is -0.0574. The Morgan fingerprint density at radius 1 is 1.46 bits per heavy atom. The van der Waals surface area contributed by atoms with Crippen molar-refractivity contribution in [3.8, 4) is 0 Å². The lowest BCUT2D eigenvalue weighted by molar-refractivity contribution is -0.149. The van der Waals surface area contributed by atoms with Gasteiger partial charge in [-0.05, 0) is 33.6 Å². The van der Waals surface area contributed by atoms with Gasteiger partial charge in [0, 0.05) is 38.0 Å². The molecule has 1 aromatic heterocycles. The fourth-order valence-electron chi connectivity index (χ4n) is 2.81. The van der Waals surface area contributed by atoms with E-state index in [-0.39, 0.29) is 11.9 Å². The van der Waals surface area contributed by atoms with Crippen molar-refractivity contribution in [1.82, 2.24) is 15.2 Å². The Kier molecular flexibility index (Phi) is 7.49. The molecule has 1 aliphatic rings. The van der Waals surface area contributed by atoms with Crippen molar-refractivity contribution in [2.45, 2.75) is 40.0 Å². The highest BCUT2D eigenvalue weighted by molar-refractivity contribution is 7.09. The van der Waals surface area contributed by atoms with Crippen LogP contribution in [0.5, 0.6) is 0 Å². The van der Waals surface area contributed by atoms with Gasteiger partial charge in [-0.3, -0.25) is 9.79 Å². The number of aryl methyl sites for hydroxylation is 1. The van der Waals surface area contributed by atoms with Gasteiger partial charge in [-0.25, -0.2) is 4.98 Å². The Balaban J connectivity index is 1.86. The Morgan fingerprint density at radius 3 is 2.79 bits per heavy atom. The molecule has 1 aliphatic heterocycles. The van der Waals surface area contributed by atoms with Crippen LogP contribution in [0, 0.1) is 12.8 Å². The van der Waals surface area contributed by atoms with Gasteiger partial charge in [0.2, 0.25) is 0 Å². The molecular weight excluding hydrogens is 324 g/mol. The van der Waals surface area contributed by atoms with Gasteiger partial charge >= 0.3 is 5.97 Å². The summed E-state index contributed by atoms with van der Waals surface area (Å²) in [6, 6.07) is 0. The molecule has 0 aromatic carbocycles. The van der Waals surface area contributed by atoms with Crippen molar-refractivity contribution < 1.29 is 9.53 Å². The fraction of sp³-hybridized carbons (Fsp3) is 0.706. The van der Waals surface area contributed by atoms with E-state index in [0.717, 1.165) is 62.1 Å². The van der Waals surface area contributed by atoms with Gasteiger partial charge < -0.3 is 15.0 Å². The van der Waals surface area contributed by atoms with Crippen molar-refractivity contribution in [2.75, 3.05) is 32.8 Å². The number of hydrogen-bond donors (Lipinski definition) is 1. The van der Waals surface area contributed by atoms with E-state index in [4.69, 9.17) is 9.73 Å². The van der Waals surface area contributed by atoms with Gasteiger partial charge in [0.1, 0.15) is 0 Å². The molecule has 0 unspecified atom stereocenters. The van der Waals surface area contributed by atoms with Crippen LogP contribution in [-0.2, 0) is 16.0 Å². The van der Waals surface area contributed by atoms with E-state index in [0.29, 0.717) is 6.61 Å². The number of aliphatic imine (C=N–C) groups is 1. The van der Waals surface area contributed by atoms with E-state index in [1.807, 2.05) is 13.8 Å². The molecule has 6 nitrogen and oxygen atoms in total. The van der Waals surface area contributed by atoms with Crippen molar-refractivity contribution in [3.05, 3.63) is 16.1 Å². The van der Waals surface area contributed by atoms with Crippen molar-refractivity contribution in [2.24, 2.45) is 10.9 Å². The second kappa shape index (κ2) is 9.61. The van der Waals surface area contributed by atoms with Crippen LogP contribution < -0.4 is 5.32 Å². The number of carbonyl (C=O) groups excluding carboxylic acids is 1. The Labute approximate surface area is 148 Å².